The van der Waals surface area contributed by atoms with E-state index < -0.39 is 11.5 Å². The second-order valence-electron chi connectivity index (χ2n) is 6.97. The molecule has 2 amide bonds. The molecule has 2 atom stereocenters. The molecule has 23 heavy (non-hydrogen) atoms. The highest BCUT2D eigenvalue weighted by atomic mass is 32.1. The number of nitrogens with one attached hydrogen (secondary N) is 1. The topological polar surface area (TPSA) is 73.2 Å². The molecule has 1 aliphatic heterocycles. The fourth-order valence-corrected chi connectivity index (χ4v) is 3.43. The van der Waals surface area contributed by atoms with E-state index >= 15 is 0 Å². The van der Waals surface area contributed by atoms with E-state index in [2.05, 4.69) is 11.4 Å². The monoisotopic (exact) mass is 333 g/mol. The van der Waals surface area contributed by atoms with Gasteiger partial charge in [0, 0.05) is 18.5 Å². The van der Waals surface area contributed by atoms with Gasteiger partial charge in [0.15, 0.2) is 0 Å². The van der Waals surface area contributed by atoms with Crippen LogP contribution in [0.3, 0.4) is 0 Å². The predicted octanol–water partition coefficient (Wildman–Crippen LogP) is 2.71. The number of thiophene rings is 1. The summed E-state index contributed by atoms with van der Waals surface area (Å²) in [4.78, 5) is 26.7. The smallest absolute Gasteiger partial charge is 0.227 e. The van der Waals surface area contributed by atoms with Gasteiger partial charge in [-0.3, -0.25) is 9.59 Å². The molecule has 0 bridgehead atoms. The summed E-state index contributed by atoms with van der Waals surface area (Å²) in [6.45, 7) is 6.81. The van der Waals surface area contributed by atoms with Crippen LogP contribution in [0.25, 0.3) is 0 Å². The quantitative estimate of drug-likeness (QED) is 0.924. The first-order valence-electron chi connectivity index (χ1n) is 7.84. The van der Waals surface area contributed by atoms with E-state index in [0.717, 1.165) is 18.4 Å². The second-order valence-corrected chi connectivity index (χ2v) is 7.75. The van der Waals surface area contributed by atoms with Gasteiger partial charge in [-0.1, -0.05) is 20.8 Å². The number of nitriles is 1. The fourth-order valence-electron chi connectivity index (χ4n) is 2.74. The van der Waals surface area contributed by atoms with Crippen LogP contribution < -0.4 is 5.32 Å². The van der Waals surface area contributed by atoms with Gasteiger partial charge < -0.3 is 10.2 Å². The van der Waals surface area contributed by atoms with Crippen LogP contribution in [0, 0.1) is 22.7 Å². The molecule has 6 heteroatoms. The van der Waals surface area contributed by atoms with Gasteiger partial charge in [-0.05, 0) is 35.2 Å². The number of carbonyl (C=O) groups is 2. The molecule has 2 heterocycles. The molecule has 0 aromatic carbocycles. The lowest BCUT2D eigenvalue weighted by Gasteiger charge is -2.36. The van der Waals surface area contributed by atoms with Crippen molar-refractivity contribution in [3.05, 3.63) is 22.4 Å². The maximum atomic E-state index is 12.5. The van der Waals surface area contributed by atoms with Crippen molar-refractivity contribution in [3.8, 4) is 6.07 Å². The number of hydrogen-bond donors (Lipinski definition) is 1. The molecule has 1 saturated heterocycles. The minimum Gasteiger partial charge on any atom is -0.341 e. The molecule has 1 N–H and O–H groups in total. The van der Waals surface area contributed by atoms with Gasteiger partial charge in [0.25, 0.3) is 0 Å². The van der Waals surface area contributed by atoms with Gasteiger partial charge in [-0.25, -0.2) is 0 Å². The average molecular weight is 333 g/mol. The third kappa shape index (κ3) is 4.32. The van der Waals surface area contributed by atoms with Crippen molar-refractivity contribution >= 4 is 23.2 Å². The Kier molecular flexibility index (Phi) is 5.42. The minimum absolute atomic E-state index is 0.0738. The first kappa shape index (κ1) is 17.5. The standard InChI is InChI=1S/C17H23N3O2S/c1-17(2,3)16(22)20-7-4-5-12(10-20)15(21)19-14(9-18)13-6-8-23-11-13/h6,8,11-12,14H,4-5,7,10H2,1-3H3,(H,19,21)/t12-,14+/m1/s1. The molecular weight excluding hydrogens is 310 g/mol. The van der Waals surface area contributed by atoms with Crippen LogP contribution >= 0.6 is 11.3 Å². The van der Waals surface area contributed by atoms with Gasteiger partial charge in [0.1, 0.15) is 6.04 Å². The molecule has 1 fully saturated rings. The van der Waals surface area contributed by atoms with Crippen LogP contribution in [-0.2, 0) is 9.59 Å². The van der Waals surface area contributed by atoms with Crippen molar-refractivity contribution < 1.29 is 9.59 Å². The summed E-state index contributed by atoms with van der Waals surface area (Å²) in [5.41, 5.74) is 0.369. The lowest BCUT2D eigenvalue weighted by molar-refractivity contribution is -0.142. The molecule has 124 valence electrons. The number of rotatable bonds is 3. The molecule has 1 aliphatic rings. The minimum atomic E-state index is -0.623. The van der Waals surface area contributed by atoms with Crippen LogP contribution in [0.5, 0.6) is 0 Å². The predicted molar refractivity (Wildman–Crippen MR) is 89.6 cm³/mol. The summed E-state index contributed by atoms with van der Waals surface area (Å²) in [6.07, 6.45) is 1.57. The van der Waals surface area contributed by atoms with Crippen LogP contribution in [0.2, 0.25) is 0 Å². The van der Waals surface area contributed by atoms with Gasteiger partial charge in [-0.2, -0.15) is 16.6 Å². The van der Waals surface area contributed by atoms with Crippen molar-refractivity contribution in [1.29, 1.82) is 5.26 Å². The molecular formula is C17H23N3O2S. The maximum Gasteiger partial charge on any atom is 0.227 e. The normalized spacial score (nSPS) is 19.7. The van der Waals surface area contributed by atoms with Crippen LogP contribution in [-0.4, -0.2) is 29.8 Å². The van der Waals surface area contributed by atoms with E-state index in [1.54, 1.807) is 4.90 Å². The Balaban J connectivity index is 1.99. The van der Waals surface area contributed by atoms with Crippen molar-refractivity contribution in [2.24, 2.45) is 11.3 Å². The third-order valence-corrected chi connectivity index (χ3v) is 4.71. The van der Waals surface area contributed by atoms with Crippen LogP contribution in [0.15, 0.2) is 16.8 Å². The SMILES string of the molecule is CC(C)(C)C(=O)N1CCC[C@@H](C(=O)N[C@@H](C#N)c2ccsc2)C1. The number of amides is 2. The molecule has 0 spiro atoms. The fraction of sp³-hybridized carbons (Fsp3) is 0.588. The van der Waals surface area contributed by atoms with Crippen LogP contribution in [0.4, 0.5) is 0 Å². The highest BCUT2D eigenvalue weighted by Gasteiger charge is 2.34. The Hall–Kier alpha value is -1.87. The van der Waals surface area contributed by atoms with Crippen molar-refractivity contribution in [2.45, 2.75) is 39.7 Å². The number of nitrogens with zero attached hydrogens (tertiary/aromatic N) is 2. The van der Waals surface area contributed by atoms with Crippen LogP contribution in [0.1, 0.15) is 45.2 Å². The van der Waals surface area contributed by atoms with Gasteiger partial charge in [0.2, 0.25) is 11.8 Å². The van der Waals surface area contributed by atoms with Gasteiger partial charge in [-0.15, -0.1) is 0 Å². The number of piperidine rings is 1. The first-order chi connectivity index (χ1) is 10.8. The molecule has 1 aromatic heterocycles. The average Bonchev–Trinajstić information content (AvgIpc) is 3.05. The maximum absolute atomic E-state index is 12.5. The molecule has 0 unspecified atom stereocenters. The Bertz CT molecular complexity index is 598. The number of carbonyl (C=O) groups excluding carboxylic acids is 2. The summed E-state index contributed by atoms with van der Waals surface area (Å²) in [5, 5.41) is 15.8. The zero-order valence-electron chi connectivity index (χ0n) is 13.8. The molecule has 2 rings (SSSR count). The summed E-state index contributed by atoms with van der Waals surface area (Å²) in [6, 6.07) is 3.35. The van der Waals surface area contributed by atoms with E-state index in [4.69, 9.17) is 0 Å². The van der Waals surface area contributed by atoms with E-state index in [-0.39, 0.29) is 17.7 Å². The molecule has 1 aromatic rings. The van der Waals surface area contributed by atoms with E-state index in [9.17, 15) is 14.9 Å². The Morgan fingerprint density at radius 2 is 2.22 bits per heavy atom. The largest absolute Gasteiger partial charge is 0.341 e. The summed E-state index contributed by atoms with van der Waals surface area (Å²) in [7, 11) is 0. The third-order valence-electron chi connectivity index (χ3n) is 4.01. The summed E-state index contributed by atoms with van der Waals surface area (Å²) in [5.74, 6) is -0.316. The van der Waals surface area contributed by atoms with E-state index in [0.29, 0.717) is 13.1 Å². The number of hydrogen-bond acceptors (Lipinski definition) is 4. The van der Waals surface area contributed by atoms with Crippen molar-refractivity contribution in [1.82, 2.24) is 10.2 Å². The highest BCUT2D eigenvalue weighted by molar-refractivity contribution is 7.08. The van der Waals surface area contributed by atoms with E-state index in [1.165, 1.54) is 11.3 Å². The van der Waals surface area contributed by atoms with E-state index in [1.807, 2.05) is 37.6 Å². The molecule has 0 aliphatic carbocycles. The molecule has 0 saturated carbocycles. The van der Waals surface area contributed by atoms with Gasteiger partial charge >= 0.3 is 0 Å². The molecule has 5 nitrogen and oxygen atoms in total. The van der Waals surface area contributed by atoms with Gasteiger partial charge in [0.05, 0.1) is 12.0 Å². The zero-order chi connectivity index (χ0) is 17.0. The first-order valence-corrected chi connectivity index (χ1v) is 8.78. The Morgan fingerprint density at radius 1 is 1.48 bits per heavy atom. The lowest BCUT2D eigenvalue weighted by atomic mass is 9.90. The Labute approximate surface area is 141 Å². The lowest BCUT2D eigenvalue weighted by Crippen LogP contribution is -2.49. The number of likely N-dealkylation sites (tertiary alicyclic amines) is 1. The summed E-state index contributed by atoms with van der Waals surface area (Å²) >= 11 is 1.50. The summed E-state index contributed by atoms with van der Waals surface area (Å²) < 4.78 is 0. The zero-order valence-corrected chi connectivity index (χ0v) is 14.7. The molecule has 0 radical (unpaired) electrons. The highest BCUT2D eigenvalue weighted by Crippen LogP contribution is 2.24. The van der Waals surface area contributed by atoms with Crippen molar-refractivity contribution in [3.63, 3.8) is 0 Å². The van der Waals surface area contributed by atoms with Crippen molar-refractivity contribution in [2.75, 3.05) is 13.1 Å². The Morgan fingerprint density at radius 3 is 2.78 bits per heavy atom. The second kappa shape index (κ2) is 7.14.